The zero-order valence-electron chi connectivity index (χ0n) is 6.97. The number of carbonyl (C=O) groups is 1. The van der Waals surface area contributed by atoms with Crippen LogP contribution in [0.4, 0.5) is 0 Å². The Morgan fingerprint density at radius 1 is 1.46 bits per heavy atom. The van der Waals surface area contributed by atoms with Gasteiger partial charge in [-0.05, 0) is 5.56 Å². The number of rotatable bonds is 3. The molecule has 1 unspecified atom stereocenters. The zero-order valence-corrected chi connectivity index (χ0v) is 6.97. The molecule has 1 atom stereocenters. The van der Waals surface area contributed by atoms with Gasteiger partial charge in [-0.3, -0.25) is 0 Å². The number of benzene rings is 1. The molecular weight excluding hydrogens is 166 g/mol. The molecule has 0 radical (unpaired) electrons. The van der Waals surface area contributed by atoms with E-state index in [-0.39, 0.29) is 6.42 Å². The molecule has 1 rings (SSSR count). The van der Waals surface area contributed by atoms with Gasteiger partial charge in [0.1, 0.15) is 0 Å². The molecule has 0 bridgehead atoms. The summed E-state index contributed by atoms with van der Waals surface area (Å²) in [7, 11) is 0. The van der Waals surface area contributed by atoms with E-state index in [2.05, 4.69) is 4.85 Å². The van der Waals surface area contributed by atoms with Gasteiger partial charge in [0, 0.05) is 0 Å². The molecule has 0 aliphatic heterocycles. The molecule has 66 valence electrons. The van der Waals surface area contributed by atoms with Crippen LogP contribution in [0.25, 0.3) is 4.85 Å². The van der Waals surface area contributed by atoms with Crippen molar-refractivity contribution >= 4 is 5.97 Å². The van der Waals surface area contributed by atoms with Gasteiger partial charge < -0.3 is 9.95 Å². The summed E-state index contributed by atoms with van der Waals surface area (Å²) in [6.45, 7) is 6.68. The second-order valence-electron chi connectivity index (χ2n) is 2.67. The van der Waals surface area contributed by atoms with E-state index in [0.717, 1.165) is 5.56 Å². The van der Waals surface area contributed by atoms with Gasteiger partial charge in [0.2, 0.25) is 0 Å². The summed E-state index contributed by atoms with van der Waals surface area (Å²) in [5.41, 5.74) is 0.880. The first-order chi connectivity index (χ1) is 6.24. The van der Waals surface area contributed by atoms with Gasteiger partial charge in [0.05, 0.1) is 6.42 Å². The van der Waals surface area contributed by atoms with Gasteiger partial charge in [-0.25, -0.2) is 11.4 Å². The van der Waals surface area contributed by atoms with Crippen molar-refractivity contribution in [3.63, 3.8) is 0 Å². The highest BCUT2D eigenvalue weighted by Crippen LogP contribution is 2.05. The van der Waals surface area contributed by atoms with Crippen LogP contribution in [0.3, 0.4) is 0 Å². The van der Waals surface area contributed by atoms with E-state index in [0.29, 0.717) is 0 Å². The van der Waals surface area contributed by atoms with Crippen molar-refractivity contribution in [2.75, 3.05) is 0 Å². The highest BCUT2D eigenvalue weighted by molar-refractivity contribution is 5.75. The highest BCUT2D eigenvalue weighted by Gasteiger charge is 2.22. The van der Waals surface area contributed by atoms with E-state index in [1.807, 2.05) is 30.3 Å². The molecule has 1 aromatic carbocycles. The smallest absolute Gasteiger partial charge is 0.388 e. The summed E-state index contributed by atoms with van der Waals surface area (Å²) < 4.78 is 0. The predicted octanol–water partition coefficient (Wildman–Crippen LogP) is 1.60. The lowest BCUT2D eigenvalue weighted by Gasteiger charge is -1.99. The van der Waals surface area contributed by atoms with Crippen molar-refractivity contribution in [3.8, 4) is 0 Å². The van der Waals surface area contributed by atoms with E-state index >= 15 is 0 Å². The van der Waals surface area contributed by atoms with Crippen LogP contribution in [0.1, 0.15) is 5.56 Å². The normalized spacial score (nSPS) is 11.6. The SMILES string of the molecule is [C-]#[N+]C(Cc1ccccc1)C(=O)O. The molecule has 1 aromatic rings. The number of nitrogens with zero attached hydrogens (tertiary/aromatic N) is 1. The summed E-state index contributed by atoms with van der Waals surface area (Å²) in [6.07, 6.45) is 0.277. The van der Waals surface area contributed by atoms with Crippen molar-refractivity contribution < 1.29 is 9.90 Å². The van der Waals surface area contributed by atoms with E-state index in [1.165, 1.54) is 0 Å². The maximum atomic E-state index is 10.5. The van der Waals surface area contributed by atoms with E-state index in [1.54, 1.807) is 0 Å². The highest BCUT2D eigenvalue weighted by atomic mass is 16.4. The van der Waals surface area contributed by atoms with Crippen molar-refractivity contribution in [1.82, 2.24) is 0 Å². The van der Waals surface area contributed by atoms with Gasteiger partial charge >= 0.3 is 12.0 Å². The van der Waals surface area contributed by atoms with Crippen molar-refractivity contribution in [3.05, 3.63) is 47.3 Å². The summed E-state index contributed by atoms with van der Waals surface area (Å²) in [5.74, 6) is -1.06. The maximum absolute atomic E-state index is 10.5. The topological polar surface area (TPSA) is 41.7 Å². The van der Waals surface area contributed by atoms with Crippen LogP contribution in [-0.2, 0) is 11.2 Å². The number of carboxylic acids is 1. The van der Waals surface area contributed by atoms with Crippen molar-refractivity contribution in [1.29, 1.82) is 0 Å². The maximum Gasteiger partial charge on any atom is 0.388 e. The Morgan fingerprint density at radius 3 is 2.54 bits per heavy atom. The van der Waals surface area contributed by atoms with Crippen LogP contribution in [-0.4, -0.2) is 17.1 Å². The predicted molar refractivity (Wildman–Crippen MR) is 48.2 cm³/mol. The monoisotopic (exact) mass is 175 g/mol. The third-order valence-corrected chi connectivity index (χ3v) is 1.71. The molecule has 1 N–H and O–H groups in total. The first kappa shape index (κ1) is 9.27. The Bertz CT molecular complexity index is 327. The minimum absolute atomic E-state index is 0.277. The molecule has 0 amide bonds. The molecule has 13 heavy (non-hydrogen) atoms. The number of aliphatic carboxylic acids is 1. The summed E-state index contributed by atoms with van der Waals surface area (Å²) in [6, 6.07) is 8.21. The molecule has 0 saturated heterocycles. The van der Waals surface area contributed by atoms with Crippen LogP contribution in [0.2, 0.25) is 0 Å². The average Bonchev–Trinajstić information content (AvgIpc) is 2.15. The Kier molecular flexibility index (Phi) is 3.04. The minimum Gasteiger partial charge on any atom is -0.476 e. The van der Waals surface area contributed by atoms with E-state index < -0.39 is 12.0 Å². The average molecular weight is 175 g/mol. The minimum atomic E-state index is -1.06. The summed E-state index contributed by atoms with van der Waals surface area (Å²) in [5, 5.41) is 8.62. The molecule has 0 saturated carbocycles. The lowest BCUT2D eigenvalue weighted by atomic mass is 10.1. The third kappa shape index (κ3) is 2.60. The second kappa shape index (κ2) is 4.27. The molecular formula is C10H9NO2. The van der Waals surface area contributed by atoms with Crippen molar-refractivity contribution in [2.45, 2.75) is 12.5 Å². The largest absolute Gasteiger partial charge is 0.476 e. The van der Waals surface area contributed by atoms with Crippen LogP contribution >= 0.6 is 0 Å². The number of hydrogen-bond acceptors (Lipinski definition) is 1. The molecule has 0 aromatic heterocycles. The van der Waals surface area contributed by atoms with Crippen molar-refractivity contribution in [2.24, 2.45) is 0 Å². The molecule has 0 heterocycles. The van der Waals surface area contributed by atoms with Crippen LogP contribution in [0.15, 0.2) is 30.3 Å². The molecule has 3 heteroatoms. The number of hydrogen-bond donors (Lipinski definition) is 1. The van der Waals surface area contributed by atoms with Gasteiger partial charge in [-0.15, -0.1) is 0 Å². The van der Waals surface area contributed by atoms with Gasteiger partial charge in [-0.1, -0.05) is 30.3 Å². The molecule has 0 aliphatic carbocycles. The van der Waals surface area contributed by atoms with Gasteiger partial charge in [0.15, 0.2) is 0 Å². The fraction of sp³-hybridized carbons (Fsp3) is 0.200. The fourth-order valence-corrected chi connectivity index (χ4v) is 1.03. The zero-order chi connectivity index (χ0) is 9.68. The molecule has 3 nitrogen and oxygen atoms in total. The van der Waals surface area contributed by atoms with Crippen LogP contribution in [0, 0.1) is 6.57 Å². The Labute approximate surface area is 76.4 Å². The van der Waals surface area contributed by atoms with Crippen LogP contribution in [0.5, 0.6) is 0 Å². The van der Waals surface area contributed by atoms with Gasteiger partial charge in [-0.2, -0.15) is 0 Å². The quantitative estimate of drug-likeness (QED) is 0.709. The molecule has 0 fully saturated rings. The first-order valence-electron chi connectivity index (χ1n) is 3.87. The lowest BCUT2D eigenvalue weighted by Crippen LogP contribution is -2.18. The first-order valence-corrected chi connectivity index (χ1v) is 3.87. The van der Waals surface area contributed by atoms with Gasteiger partial charge in [0.25, 0.3) is 0 Å². The van der Waals surface area contributed by atoms with E-state index in [4.69, 9.17) is 11.7 Å². The summed E-state index contributed by atoms with van der Waals surface area (Å²) in [4.78, 5) is 13.6. The Balaban J connectivity index is 2.69. The molecule has 0 aliphatic rings. The van der Waals surface area contributed by atoms with Crippen LogP contribution < -0.4 is 0 Å². The number of carboxylic acid groups (broad SMARTS) is 1. The van der Waals surface area contributed by atoms with E-state index in [9.17, 15) is 4.79 Å². The Hall–Kier alpha value is -1.82. The lowest BCUT2D eigenvalue weighted by molar-refractivity contribution is -0.137. The molecule has 0 spiro atoms. The third-order valence-electron chi connectivity index (χ3n) is 1.71. The fourth-order valence-electron chi connectivity index (χ4n) is 1.03. The standard InChI is InChI=1S/C10H9NO2/c1-11-9(10(12)13)7-8-5-3-2-4-6-8/h2-6,9H,7H2,(H,12,13). The Morgan fingerprint density at radius 2 is 2.08 bits per heavy atom. The summed E-state index contributed by atoms with van der Waals surface area (Å²) >= 11 is 0. The second-order valence-corrected chi connectivity index (χ2v) is 2.67.